The smallest absolute Gasteiger partial charge is 0.00336 e. The summed E-state index contributed by atoms with van der Waals surface area (Å²) in [4.78, 5) is 0. The molecule has 0 aromatic heterocycles. The third-order valence-corrected chi connectivity index (χ3v) is 3.00. The number of hydrogen-bond donors (Lipinski definition) is 2. The Morgan fingerprint density at radius 1 is 1.00 bits per heavy atom. The molecule has 0 unspecified atom stereocenters. The Balaban J connectivity index is 2.94. The van der Waals surface area contributed by atoms with Crippen molar-refractivity contribution in [2.75, 3.05) is 13.1 Å². The second-order valence-electron chi connectivity index (χ2n) is 4.42. The molecule has 1 rings (SSSR count). The van der Waals surface area contributed by atoms with E-state index in [2.05, 4.69) is 32.9 Å². The van der Waals surface area contributed by atoms with E-state index in [1.165, 1.54) is 22.3 Å². The van der Waals surface area contributed by atoms with Crippen molar-refractivity contribution in [1.29, 1.82) is 0 Å². The van der Waals surface area contributed by atoms with Crippen LogP contribution in [0, 0.1) is 26.7 Å². The highest BCUT2D eigenvalue weighted by Crippen LogP contribution is 2.19. The molecule has 0 heterocycles. The molecule has 2 heteroatoms. The first kappa shape index (κ1) is 12.2. The molecule has 0 fully saturated rings. The van der Waals surface area contributed by atoms with Gasteiger partial charge in [0.1, 0.15) is 0 Å². The van der Waals surface area contributed by atoms with Crippen molar-refractivity contribution in [3.63, 3.8) is 0 Å². The van der Waals surface area contributed by atoms with E-state index < -0.39 is 0 Å². The Hall–Kier alpha value is -0.860. The van der Waals surface area contributed by atoms with Crippen molar-refractivity contribution in [1.82, 2.24) is 0 Å². The second kappa shape index (κ2) is 5.29. The van der Waals surface area contributed by atoms with E-state index in [4.69, 9.17) is 11.5 Å². The van der Waals surface area contributed by atoms with Gasteiger partial charge in [-0.15, -0.1) is 0 Å². The van der Waals surface area contributed by atoms with E-state index in [1.54, 1.807) is 0 Å². The minimum atomic E-state index is 0.408. The van der Waals surface area contributed by atoms with E-state index in [0.29, 0.717) is 19.0 Å². The Labute approximate surface area is 92.7 Å². The van der Waals surface area contributed by atoms with Crippen LogP contribution in [0.15, 0.2) is 12.1 Å². The lowest BCUT2D eigenvalue weighted by Gasteiger charge is -2.16. The molecule has 0 amide bonds. The summed E-state index contributed by atoms with van der Waals surface area (Å²) in [6.07, 6.45) is 1.00. The zero-order chi connectivity index (χ0) is 11.4. The lowest BCUT2D eigenvalue weighted by atomic mass is 9.91. The Kier molecular flexibility index (Phi) is 4.30. The van der Waals surface area contributed by atoms with Crippen molar-refractivity contribution in [2.45, 2.75) is 27.2 Å². The van der Waals surface area contributed by atoms with Gasteiger partial charge in [0, 0.05) is 0 Å². The summed E-state index contributed by atoms with van der Waals surface area (Å²) in [5.41, 5.74) is 16.8. The summed E-state index contributed by atoms with van der Waals surface area (Å²) in [7, 11) is 0. The summed E-state index contributed by atoms with van der Waals surface area (Å²) >= 11 is 0. The molecular formula is C13H22N2. The van der Waals surface area contributed by atoms with Crippen LogP contribution in [-0.2, 0) is 6.42 Å². The van der Waals surface area contributed by atoms with Crippen LogP contribution >= 0.6 is 0 Å². The van der Waals surface area contributed by atoms with Gasteiger partial charge in [-0.3, -0.25) is 0 Å². The lowest BCUT2D eigenvalue weighted by molar-refractivity contribution is 0.545. The van der Waals surface area contributed by atoms with Gasteiger partial charge < -0.3 is 11.5 Å². The van der Waals surface area contributed by atoms with Crippen LogP contribution in [0.4, 0.5) is 0 Å². The van der Waals surface area contributed by atoms with Crippen LogP contribution in [-0.4, -0.2) is 13.1 Å². The summed E-state index contributed by atoms with van der Waals surface area (Å²) in [5.74, 6) is 0.408. The first-order chi connectivity index (χ1) is 7.08. The molecule has 0 radical (unpaired) electrons. The van der Waals surface area contributed by atoms with E-state index in [1.807, 2.05) is 0 Å². The molecule has 0 spiro atoms. The first-order valence-corrected chi connectivity index (χ1v) is 5.55. The Bertz CT molecular complexity index is 304. The van der Waals surface area contributed by atoms with Gasteiger partial charge in [0.25, 0.3) is 0 Å². The van der Waals surface area contributed by atoms with Crippen LogP contribution in [0.25, 0.3) is 0 Å². The van der Waals surface area contributed by atoms with E-state index in [9.17, 15) is 0 Å². The molecule has 2 nitrogen and oxygen atoms in total. The van der Waals surface area contributed by atoms with Crippen molar-refractivity contribution >= 4 is 0 Å². The maximum atomic E-state index is 5.68. The largest absolute Gasteiger partial charge is 0.330 e. The summed E-state index contributed by atoms with van der Waals surface area (Å²) < 4.78 is 0. The molecule has 0 aliphatic carbocycles. The third kappa shape index (κ3) is 3.05. The molecule has 4 N–H and O–H groups in total. The number of rotatable bonds is 4. The molecule has 0 aliphatic heterocycles. The number of aryl methyl sites for hydroxylation is 3. The van der Waals surface area contributed by atoms with Gasteiger partial charge in [0.05, 0.1) is 0 Å². The second-order valence-corrected chi connectivity index (χ2v) is 4.42. The van der Waals surface area contributed by atoms with Crippen molar-refractivity contribution in [2.24, 2.45) is 17.4 Å². The molecule has 15 heavy (non-hydrogen) atoms. The number of hydrogen-bond acceptors (Lipinski definition) is 2. The molecule has 0 saturated carbocycles. The van der Waals surface area contributed by atoms with Crippen LogP contribution in [0.5, 0.6) is 0 Å². The predicted octanol–water partition coefficient (Wildman–Crippen LogP) is 1.69. The van der Waals surface area contributed by atoms with Gasteiger partial charge in [-0.1, -0.05) is 17.7 Å². The minimum absolute atomic E-state index is 0.408. The zero-order valence-corrected chi connectivity index (χ0v) is 10.0. The molecule has 0 aliphatic rings. The molecule has 1 aromatic rings. The fourth-order valence-electron chi connectivity index (χ4n) is 2.08. The first-order valence-electron chi connectivity index (χ1n) is 5.55. The highest BCUT2D eigenvalue weighted by atomic mass is 14.6. The van der Waals surface area contributed by atoms with Gasteiger partial charge in [0.15, 0.2) is 0 Å². The SMILES string of the molecule is Cc1cc(C)c(CC(CN)CN)c(C)c1. The number of nitrogens with two attached hydrogens (primary N) is 2. The monoisotopic (exact) mass is 206 g/mol. The predicted molar refractivity (Wildman–Crippen MR) is 66.0 cm³/mol. The highest BCUT2D eigenvalue weighted by molar-refractivity contribution is 5.37. The molecule has 0 bridgehead atoms. The minimum Gasteiger partial charge on any atom is -0.330 e. The van der Waals surface area contributed by atoms with Crippen LogP contribution in [0.2, 0.25) is 0 Å². The fraction of sp³-hybridized carbons (Fsp3) is 0.538. The van der Waals surface area contributed by atoms with Gasteiger partial charge in [0.2, 0.25) is 0 Å². The fourth-order valence-corrected chi connectivity index (χ4v) is 2.08. The van der Waals surface area contributed by atoms with Gasteiger partial charge in [-0.2, -0.15) is 0 Å². The van der Waals surface area contributed by atoms with Crippen molar-refractivity contribution in [3.05, 3.63) is 34.4 Å². The van der Waals surface area contributed by atoms with Crippen molar-refractivity contribution in [3.8, 4) is 0 Å². The van der Waals surface area contributed by atoms with Gasteiger partial charge in [-0.05, 0) is 62.9 Å². The Morgan fingerprint density at radius 2 is 1.47 bits per heavy atom. The van der Waals surface area contributed by atoms with Gasteiger partial charge in [-0.25, -0.2) is 0 Å². The Morgan fingerprint density at radius 3 is 1.87 bits per heavy atom. The molecule has 84 valence electrons. The van der Waals surface area contributed by atoms with Crippen LogP contribution in [0.3, 0.4) is 0 Å². The van der Waals surface area contributed by atoms with E-state index in [-0.39, 0.29) is 0 Å². The van der Waals surface area contributed by atoms with E-state index >= 15 is 0 Å². The highest BCUT2D eigenvalue weighted by Gasteiger charge is 2.10. The molecule has 0 saturated heterocycles. The summed E-state index contributed by atoms with van der Waals surface area (Å²) in [6, 6.07) is 4.46. The summed E-state index contributed by atoms with van der Waals surface area (Å²) in [5, 5.41) is 0. The quantitative estimate of drug-likeness (QED) is 0.787. The van der Waals surface area contributed by atoms with Gasteiger partial charge >= 0.3 is 0 Å². The molecular weight excluding hydrogens is 184 g/mol. The van der Waals surface area contributed by atoms with Crippen molar-refractivity contribution < 1.29 is 0 Å². The third-order valence-electron chi connectivity index (χ3n) is 3.00. The maximum Gasteiger partial charge on any atom is -0.00336 e. The number of benzene rings is 1. The zero-order valence-electron chi connectivity index (χ0n) is 10.0. The average molecular weight is 206 g/mol. The normalized spacial score (nSPS) is 11.1. The topological polar surface area (TPSA) is 52.0 Å². The van der Waals surface area contributed by atoms with Crippen LogP contribution < -0.4 is 11.5 Å². The van der Waals surface area contributed by atoms with Crippen LogP contribution in [0.1, 0.15) is 22.3 Å². The average Bonchev–Trinajstić information content (AvgIpc) is 2.17. The molecule has 1 aromatic carbocycles. The lowest BCUT2D eigenvalue weighted by Crippen LogP contribution is -2.25. The molecule has 0 atom stereocenters. The summed E-state index contributed by atoms with van der Waals surface area (Å²) in [6.45, 7) is 7.80. The standard InChI is InChI=1S/C13H22N2/c1-9-4-10(2)13(11(3)5-9)6-12(7-14)8-15/h4-5,12H,6-8,14-15H2,1-3H3. The maximum absolute atomic E-state index is 5.68. The van der Waals surface area contributed by atoms with E-state index in [0.717, 1.165) is 6.42 Å².